The molecule has 1 atom stereocenters. The van der Waals surface area contributed by atoms with Crippen LogP contribution in [0.5, 0.6) is 0 Å². The summed E-state index contributed by atoms with van der Waals surface area (Å²) in [4.78, 5) is 22.3. The van der Waals surface area contributed by atoms with E-state index in [0.29, 0.717) is 6.42 Å². The van der Waals surface area contributed by atoms with Crippen LogP contribution in [0.4, 0.5) is 0 Å². The second-order valence-electron chi connectivity index (χ2n) is 6.56. The van der Waals surface area contributed by atoms with Crippen LogP contribution in [0.25, 0.3) is 0 Å². The monoisotopic (exact) mass is 464 g/mol. The zero-order valence-electron chi connectivity index (χ0n) is 16.4. The number of rotatable bonds is 15. The number of ether oxygens (including phenoxy) is 1. The van der Waals surface area contributed by atoms with Gasteiger partial charge in [-0.2, -0.15) is 0 Å². The van der Waals surface area contributed by atoms with E-state index in [4.69, 9.17) is 12.9 Å². The van der Waals surface area contributed by atoms with E-state index >= 15 is 0 Å². The van der Waals surface area contributed by atoms with Crippen LogP contribution in [0, 0.1) is 0 Å². The second kappa shape index (κ2) is 14.6. The Kier molecular flexibility index (Phi) is 14.3. The summed E-state index contributed by atoms with van der Waals surface area (Å²) in [7, 11) is 0. The van der Waals surface area contributed by atoms with Crippen molar-refractivity contribution in [2.75, 3.05) is 0 Å². The molecule has 1 N–H and O–H groups in total. The number of carboxylic acid groups (broad SMARTS) is 1. The normalized spacial score (nSPS) is 13.1. The predicted octanol–water partition coefficient (Wildman–Crippen LogP) is 5.27. The molecule has 0 aliphatic heterocycles. The van der Waals surface area contributed by atoms with Gasteiger partial charge < -0.3 is 0 Å². The predicted molar refractivity (Wildman–Crippen MR) is 103 cm³/mol. The molecule has 146 valence electrons. The fourth-order valence-electron chi connectivity index (χ4n) is 2.83. The Labute approximate surface area is 157 Å². The van der Waals surface area contributed by atoms with E-state index in [0.717, 1.165) is 31.4 Å². The summed E-state index contributed by atoms with van der Waals surface area (Å²) < 4.78 is 15.5. The maximum atomic E-state index is 11.8. The van der Waals surface area contributed by atoms with Crippen LogP contribution < -0.4 is 0 Å². The van der Waals surface area contributed by atoms with Crippen molar-refractivity contribution < 1.29 is 22.5 Å². The number of carbonyl (C=O) groups is 2. The Morgan fingerprint density at radius 1 is 0.920 bits per heavy atom. The van der Waals surface area contributed by atoms with E-state index in [1.807, 2.05) is 6.92 Å². The molecule has 0 spiro atoms. The van der Waals surface area contributed by atoms with Gasteiger partial charge in [0.15, 0.2) is 0 Å². The third kappa shape index (κ3) is 11.6. The Bertz CT molecular complexity index is 387. The average molecular weight is 463 g/mol. The third-order valence-corrected chi connectivity index (χ3v) is 17.3. The molecule has 0 saturated carbocycles. The first-order valence-electron chi connectivity index (χ1n) is 9.72. The molecular formula is C19H36O5Sn. The van der Waals surface area contributed by atoms with Gasteiger partial charge in [-0.1, -0.05) is 0 Å². The molecule has 0 saturated heterocycles. The Morgan fingerprint density at radius 2 is 1.40 bits per heavy atom. The van der Waals surface area contributed by atoms with Crippen molar-refractivity contribution in [1.82, 2.24) is 0 Å². The molecule has 1 unspecified atom stereocenters. The van der Waals surface area contributed by atoms with Gasteiger partial charge in [-0.3, -0.25) is 0 Å². The summed E-state index contributed by atoms with van der Waals surface area (Å²) in [6.45, 7) is 8.54. The van der Waals surface area contributed by atoms with Crippen molar-refractivity contribution in [3.05, 3.63) is 12.2 Å². The molecule has 0 bridgehead atoms. The van der Waals surface area contributed by atoms with Crippen LogP contribution >= 0.6 is 0 Å². The number of carbonyl (C=O) groups excluding carboxylic acids is 1. The van der Waals surface area contributed by atoms with Crippen molar-refractivity contribution in [2.24, 2.45) is 0 Å². The third-order valence-electron chi connectivity index (χ3n) is 4.28. The Hall–Kier alpha value is -0.561. The number of carboxylic acids is 1. The molecule has 6 heteroatoms. The summed E-state index contributed by atoms with van der Waals surface area (Å²) in [6.07, 6.45) is 8.77. The van der Waals surface area contributed by atoms with E-state index in [1.165, 1.54) is 32.6 Å². The summed E-state index contributed by atoms with van der Waals surface area (Å²) >= 11 is -2.85. The number of esters is 1. The molecule has 0 aromatic rings. The van der Waals surface area contributed by atoms with E-state index in [2.05, 4.69) is 20.8 Å². The number of aliphatic carboxylic acids is 1. The molecule has 0 aliphatic carbocycles. The molecule has 0 aliphatic rings. The summed E-state index contributed by atoms with van der Waals surface area (Å²) in [5.74, 6) is -1.80. The van der Waals surface area contributed by atoms with Crippen LogP contribution in [-0.4, -0.2) is 42.1 Å². The molecule has 5 nitrogen and oxygen atoms in total. The van der Waals surface area contributed by atoms with Crippen molar-refractivity contribution in [2.45, 2.75) is 92.2 Å². The molecule has 0 heterocycles. The van der Waals surface area contributed by atoms with Gasteiger partial charge in [-0.15, -0.1) is 0 Å². The van der Waals surface area contributed by atoms with Gasteiger partial charge in [0.1, 0.15) is 0 Å². The Morgan fingerprint density at radius 3 is 1.76 bits per heavy atom. The Balaban J connectivity index is 5.09. The van der Waals surface area contributed by atoms with E-state index in [9.17, 15) is 9.59 Å². The van der Waals surface area contributed by atoms with Gasteiger partial charge >= 0.3 is 158 Å². The summed E-state index contributed by atoms with van der Waals surface area (Å²) in [6, 6.07) is 0. The van der Waals surface area contributed by atoms with Gasteiger partial charge in [0, 0.05) is 0 Å². The minimum atomic E-state index is -2.85. The first-order chi connectivity index (χ1) is 11.9. The van der Waals surface area contributed by atoms with Crippen molar-refractivity contribution in [3.8, 4) is 0 Å². The average Bonchev–Trinajstić information content (AvgIpc) is 2.60. The van der Waals surface area contributed by atoms with E-state index < -0.39 is 37.0 Å². The minimum absolute atomic E-state index is 0.549. The summed E-state index contributed by atoms with van der Waals surface area (Å²) in [5, 5.41) is 8.62. The molecule has 0 aromatic heterocycles. The van der Waals surface area contributed by atoms with Crippen LogP contribution in [-0.2, 0) is 17.4 Å². The number of hydrogen-bond acceptors (Lipinski definition) is 4. The zero-order valence-corrected chi connectivity index (χ0v) is 19.2. The van der Waals surface area contributed by atoms with Crippen molar-refractivity contribution >= 4 is 30.7 Å². The molecular weight excluding hydrogens is 427 g/mol. The molecule has 0 rings (SSSR count). The second-order valence-corrected chi connectivity index (χ2v) is 18.3. The van der Waals surface area contributed by atoms with Crippen LogP contribution in [0.1, 0.15) is 72.6 Å². The summed E-state index contributed by atoms with van der Waals surface area (Å²) in [5.41, 5.74) is 0. The first kappa shape index (κ1) is 24.4. The van der Waals surface area contributed by atoms with Crippen molar-refractivity contribution in [3.63, 3.8) is 0 Å². The van der Waals surface area contributed by atoms with Gasteiger partial charge in [0.25, 0.3) is 0 Å². The van der Waals surface area contributed by atoms with Gasteiger partial charge in [0.05, 0.1) is 0 Å². The van der Waals surface area contributed by atoms with Gasteiger partial charge in [0.2, 0.25) is 0 Å². The molecule has 25 heavy (non-hydrogen) atoms. The van der Waals surface area contributed by atoms with Crippen molar-refractivity contribution in [1.29, 1.82) is 0 Å². The fourth-order valence-corrected chi connectivity index (χ4v) is 16.7. The van der Waals surface area contributed by atoms with Crippen LogP contribution in [0.3, 0.4) is 0 Å². The SMILES string of the molecule is CCC[CH2][Sn]([CH2]CCC)([CH2]CCC)[O]C(CC)OC(=O)/C=C\C(=O)O. The standard InChI is InChI=1S/C7H9O5.3C4H9.Sn/c1-2-6(10)12-7(11)4-3-5(8)9;3*1-3-4-2;/h3-4,6H,2H2,1H3,(H,8,9);3*1,3-4H2,2H3;/q-1;;;;+1/b4-3-;;;;. The first-order valence-corrected chi connectivity index (χ1v) is 16.9. The van der Waals surface area contributed by atoms with E-state index in [1.54, 1.807) is 0 Å². The topological polar surface area (TPSA) is 72.8 Å². The molecule has 0 radical (unpaired) electrons. The molecule has 0 amide bonds. The maximum absolute atomic E-state index is 11.8. The fraction of sp³-hybridized carbons (Fsp3) is 0.789. The zero-order chi connectivity index (χ0) is 19.1. The van der Waals surface area contributed by atoms with E-state index in [-0.39, 0.29) is 0 Å². The number of unbranched alkanes of at least 4 members (excludes halogenated alkanes) is 3. The van der Waals surface area contributed by atoms with Gasteiger partial charge in [-0.05, 0) is 0 Å². The molecule has 0 aromatic carbocycles. The van der Waals surface area contributed by atoms with Crippen LogP contribution in [0.15, 0.2) is 12.2 Å². The van der Waals surface area contributed by atoms with Crippen LogP contribution in [0.2, 0.25) is 13.3 Å². The van der Waals surface area contributed by atoms with Gasteiger partial charge in [-0.25, -0.2) is 0 Å². The quantitative estimate of drug-likeness (QED) is 0.155. The molecule has 0 fully saturated rings. The number of hydrogen-bond donors (Lipinski definition) is 1.